The summed E-state index contributed by atoms with van der Waals surface area (Å²) in [7, 11) is -3.70. The van der Waals surface area contributed by atoms with E-state index in [0.717, 1.165) is 6.42 Å². The average Bonchev–Trinajstić information content (AvgIpc) is 2.79. The van der Waals surface area contributed by atoms with Crippen molar-refractivity contribution in [2.75, 3.05) is 25.0 Å². The number of anilines is 1. The molecular weight excluding hydrogens is 470 g/mol. The van der Waals surface area contributed by atoms with Gasteiger partial charge in [-0.25, -0.2) is 8.42 Å². The molecule has 0 unspecified atom stereocenters. The lowest BCUT2D eigenvalue weighted by Gasteiger charge is -2.19. The Morgan fingerprint density at radius 1 is 1.09 bits per heavy atom. The van der Waals surface area contributed by atoms with Crippen molar-refractivity contribution in [3.8, 4) is 5.75 Å². The fraction of sp³-hybridized carbons (Fsp3) is 0.280. The molecule has 0 atom stereocenters. The van der Waals surface area contributed by atoms with Gasteiger partial charge in [-0.1, -0.05) is 38.1 Å². The van der Waals surface area contributed by atoms with Crippen LogP contribution in [-0.2, 0) is 10.0 Å². The van der Waals surface area contributed by atoms with Crippen molar-refractivity contribution in [2.24, 2.45) is 5.92 Å². The molecule has 182 valence electrons. The predicted octanol–water partition coefficient (Wildman–Crippen LogP) is 4.60. The van der Waals surface area contributed by atoms with Gasteiger partial charge in [-0.05, 0) is 61.0 Å². The van der Waals surface area contributed by atoms with Gasteiger partial charge in [-0.2, -0.15) is 4.31 Å². The van der Waals surface area contributed by atoms with E-state index < -0.39 is 15.9 Å². The van der Waals surface area contributed by atoms with Crippen LogP contribution in [0.15, 0.2) is 78.7 Å². The number of thiocarbonyl (C=S) groups is 1. The molecule has 1 amide bonds. The first-order valence-corrected chi connectivity index (χ1v) is 12.7. The molecule has 0 heterocycles. The number of carbonyl (C=O) groups is 1. The topological polar surface area (TPSA) is 87.7 Å². The minimum atomic E-state index is -3.70. The fourth-order valence-corrected chi connectivity index (χ4v) is 4.53. The van der Waals surface area contributed by atoms with Gasteiger partial charge in [0.25, 0.3) is 5.91 Å². The van der Waals surface area contributed by atoms with Crippen LogP contribution in [0.4, 0.5) is 5.69 Å². The molecule has 0 aliphatic rings. The van der Waals surface area contributed by atoms with Gasteiger partial charge in [0, 0.05) is 18.8 Å². The molecule has 2 rings (SSSR count). The van der Waals surface area contributed by atoms with E-state index in [1.54, 1.807) is 36.4 Å². The van der Waals surface area contributed by atoms with E-state index in [2.05, 4.69) is 37.6 Å². The summed E-state index contributed by atoms with van der Waals surface area (Å²) in [5, 5.41) is 5.61. The second-order valence-corrected chi connectivity index (χ2v) is 10.2. The number of benzene rings is 2. The van der Waals surface area contributed by atoms with Gasteiger partial charge in [-0.15, -0.1) is 13.2 Å². The Bertz CT molecular complexity index is 1100. The SMILES string of the molecule is C=CCN(CC=C)S(=O)(=O)c1ccc(NC(=S)NC(=O)c2ccccc2OCCC(C)C)cc1. The number of rotatable bonds is 12. The van der Waals surface area contributed by atoms with E-state index >= 15 is 0 Å². The van der Waals surface area contributed by atoms with Crippen LogP contribution in [0.3, 0.4) is 0 Å². The van der Waals surface area contributed by atoms with Crippen LogP contribution in [0.25, 0.3) is 0 Å². The number of nitrogens with one attached hydrogen (secondary N) is 2. The minimum absolute atomic E-state index is 0.0810. The van der Waals surface area contributed by atoms with Gasteiger partial charge in [0.2, 0.25) is 10.0 Å². The molecule has 0 aliphatic carbocycles. The molecule has 2 N–H and O–H groups in total. The average molecular weight is 502 g/mol. The lowest BCUT2D eigenvalue weighted by Crippen LogP contribution is -2.34. The molecule has 2 aromatic carbocycles. The van der Waals surface area contributed by atoms with Crippen molar-refractivity contribution < 1.29 is 17.9 Å². The van der Waals surface area contributed by atoms with Crippen LogP contribution < -0.4 is 15.4 Å². The van der Waals surface area contributed by atoms with E-state index in [0.29, 0.717) is 29.5 Å². The highest BCUT2D eigenvalue weighted by atomic mass is 32.2. The van der Waals surface area contributed by atoms with Crippen molar-refractivity contribution in [1.29, 1.82) is 0 Å². The van der Waals surface area contributed by atoms with Crippen LogP contribution >= 0.6 is 12.2 Å². The van der Waals surface area contributed by atoms with E-state index in [1.165, 1.54) is 28.6 Å². The van der Waals surface area contributed by atoms with E-state index in [4.69, 9.17) is 17.0 Å². The Morgan fingerprint density at radius 3 is 2.29 bits per heavy atom. The highest BCUT2D eigenvalue weighted by Gasteiger charge is 2.22. The summed E-state index contributed by atoms with van der Waals surface area (Å²) >= 11 is 5.26. The summed E-state index contributed by atoms with van der Waals surface area (Å²) in [5.74, 6) is 0.578. The van der Waals surface area contributed by atoms with Crippen LogP contribution in [0.1, 0.15) is 30.6 Å². The maximum atomic E-state index is 12.8. The number of nitrogens with zero attached hydrogens (tertiary/aromatic N) is 1. The third kappa shape index (κ3) is 7.79. The maximum Gasteiger partial charge on any atom is 0.261 e. The normalized spacial score (nSPS) is 11.2. The second-order valence-electron chi connectivity index (χ2n) is 7.86. The second kappa shape index (κ2) is 13.0. The molecule has 0 aromatic heterocycles. The largest absolute Gasteiger partial charge is 0.493 e. The number of ether oxygens (including phenoxy) is 1. The van der Waals surface area contributed by atoms with E-state index in [-0.39, 0.29) is 23.1 Å². The number of para-hydroxylation sites is 1. The zero-order valence-corrected chi connectivity index (χ0v) is 21.1. The first-order valence-electron chi connectivity index (χ1n) is 10.8. The third-order valence-corrected chi connectivity index (χ3v) is 6.78. The highest BCUT2D eigenvalue weighted by molar-refractivity contribution is 7.89. The minimum Gasteiger partial charge on any atom is -0.493 e. The molecule has 0 bridgehead atoms. The molecule has 7 nitrogen and oxygen atoms in total. The number of carbonyl (C=O) groups excluding carboxylic acids is 1. The summed E-state index contributed by atoms with van der Waals surface area (Å²) < 4.78 is 32.7. The van der Waals surface area contributed by atoms with Crippen LogP contribution in [0.2, 0.25) is 0 Å². The van der Waals surface area contributed by atoms with Crippen LogP contribution in [0, 0.1) is 5.92 Å². The monoisotopic (exact) mass is 501 g/mol. The molecule has 0 aliphatic heterocycles. The van der Waals surface area contributed by atoms with Crippen molar-refractivity contribution in [2.45, 2.75) is 25.2 Å². The van der Waals surface area contributed by atoms with Gasteiger partial charge >= 0.3 is 0 Å². The van der Waals surface area contributed by atoms with Gasteiger partial charge in [0.05, 0.1) is 17.1 Å². The van der Waals surface area contributed by atoms with Crippen LogP contribution in [0.5, 0.6) is 5.75 Å². The molecule has 9 heteroatoms. The molecule has 0 saturated heterocycles. The van der Waals surface area contributed by atoms with Gasteiger partial charge in [0.1, 0.15) is 5.75 Å². The molecule has 34 heavy (non-hydrogen) atoms. The molecule has 2 aromatic rings. The quantitative estimate of drug-likeness (QED) is 0.326. The lowest BCUT2D eigenvalue weighted by atomic mass is 10.1. The summed E-state index contributed by atoms with van der Waals surface area (Å²) in [6, 6.07) is 13.1. The summed E-state index contributed by atoms with van der Waals surface area (Å²) in [6.07, 6.45) is 3.91. The number of sulfonamides is 1. The summed E-state index contributed by atoms with van der Waals surface area (Å²) in [6.45, 7) is 12.3. The van der Waals surface area contributed by atoms with Crippen molar-refractivity contribution in [3.63, 3.8) is 0 Å². The Kier molecular flexibility index (Phi) is 10.4. The molecule has 0 radical (unpaired) electrons. The van der Waals surface area contributed by atoms with Crippen molar-refractivity contribution >= 4 is 38.9 Å². The van der Waals surface area contributed by atoms with Crippen molar-refractivity contribution in [3.05, 3.63) is 79.4 Å². The number of amides is 1. The number of hydrogen-bond acceptors (Lipinski definition) is 5. The fourth-order valence-electron chi connectivity index (χ4n) is 2.94. The lowest BCUT2D eigenvalue weighted by molar-refractivity contribution is 0.0973. The third-order valence-electron chi connectivity index (χ3n) is 4.73. The van der Waals surface area contributed by atoms with E-state index in [1.807, 2.05) is 0 Å². The van der Waals surface area contributed by atoms with E-state index in [9.17, 15) is 13.2 Å². The predicted molar refractivity (Wildman–Crippen MR) is 141 cm³/mol. The number of hydrogen-bond donors (Lipinski definition) is 2. The summed E-state index contributed by atoms with van der Waals surface area (Å²) in [4.78, 5) is 12.9. The maximum absolute atomic E-state index is 12.8. The highest BCUT2D eigenvalue weighted by Crippen LogP contribution is 2.20. The van der Waals surface area contributed by atoms with Gasteiger partial charge in [0.15, 0.2) is 5.11 Å². The Labute approximate surface area is 207 Å². The standard InChI is InChI=1S/C25H31N3O4S2/c1-5-16-28(17-6-2)34(30,31)21-13-11-20(12-14-21)26-25(33)27-24(29)22-9-7-8-10-23(22)32-18-15-19(3)4/h5-14,19H,1-2,15-18H2,3-4H3,(H2,26,27,29,33). The molecule has 0 spiro atoms. The molecular formula is C25H31N3O4S2. The van der Waals surface area contributed by atoms with Gasteiger partial charge in [-0.3, -0.25) is 10.1 Å². The van der Waals surface area contributed by atoms with Crippen molar-refractivity contribution in [1.82, 2.24) is 9.62 Å². The first kappa shape index (κ1) is 27.2. The van der Waals surface area contributed by atoms with Crippen LogP contribution in [-0.4, -0.2) is 43.4 Å². The van der Waals surface area contributed by atoms with Gasteiger partial charge < -0.3 is 10.1 Å². The molecule has 0 saturated carbocycles. The smallest absolute Gasteiger partial charge is 0.261 e. The first-order chi connectivity index (χ1) is 16.2. The zero-order chi connectivity index (χ0) is 25.1. The Balaban J connectivity index is 2.04. The summed E-state index contributed by atoms with van der Waals surface area (Å²) in [5.41, 5.74) is 0.908. The Hall–Kier alpha value is -3.01. The Morgan fingerprint density at radius 2 is 1.71 bits per heavy atom. The molecule has 0 fully saturated rings. The zero-order valence-electron chi connectivity index (χ0n) is 19.5.